The highest BCUT2D eigenvalue weighted by Crippen LogP contribution is 2.39. The van der Waals surface area contributed by atoms with Crippen LogP contribution < -0.4 is 0 Å². The second-order valence-corrected chi connectivity index (χ2v) is 3.74. The molecule has 1 aliphatic carbocycles. The van der Waals surface area contributed by atoms with Crippen molar-refractivity contribution in [1.29, 1.82) is 0 Å². The smallest absolute Gasteiger partial charge is 0.120 e. The summed E-state index contributed by atoms with van der Waals surface area (Å²) in [5, 5.41) is 0. The molecule has 1 fully saturated rings. The van der Waals surface area contributed by atoms with Gasteiger partial charge in [0.15, 0.2) is 0 Å². The van der Waals surface area contributed by atoms with Crippen LogP contribution in [0.25, 0.3) is 0 Å². The zero-order valence-corrected chi connectivity index (χ0v) is 6.84. The molecular weight excluding hydrogens is 124 g/mol. The summed E-state index contributed by atoms with van der Waals surface area (Å²) in [7, 11) is 0. The van der Waals surface area contributed by atoms with Gasteiger partial charge >= 0.3 is 0 Å². The molecule has 0 bridgehead atoms. The van der Waals surface area contributed by atoms with Crippen LogP contribution in [0.2, 0.25) is 0 Å². The van der Waals surface area contributed by atoms with Crippen molar-refractivity contribution in [3.8, 4) is 0 Å². The molecule has 0 spiro atoms. The van der Waals surface area contributed by atoms with Crippen LogP contribution in [0.5, 0.6) is 0 Å². The zero-order valence-electron chi connectivity index (χ0n) is 6.84. The summed E-state index contributed by atoms with van der Waals surface area (Å²) in [4.78, 5) is 10.1. The molecule has 0 N–H and O–H groups in total. The van der Waals surface area contributed by atoms with Crippen LogP contribution in [0.3, 0.4) is 0 Å². The average Bonchev–Trinajstić information content (AvgIpc) is 1.76. The quantitative estimate of drug-likeness (QED) is 0.549. The van der Waals surface area contributed by atoms with Gasteiger partial charge in [-0.3, -0.25) is 0 Å². The van der Waals surface area contributed by atoms with Crippen LogP contribution in [0.4, 0.5) is 0 Å². The summed E-state index contributed by atoms with van der Waals surface area (Å²) < 4.78 is 0. The summed E-state index contributed by atoms with van der Waals surface area (Å²) in [6, 6.07) is 0. The monoisotopic (exact) mass is 140 g/mol. The Morgan fingerprint density at radius 3 is 2.50 bits per heavy atom. The number of hydrogen-bond acceptors (Lipinski definition) is 1. The lowest BCUT2D eigenvalue weighted by molar-refractivity contribution is -0.109. The molecule has 1 saturated carbocycles. The fraction of sp³-hybridized carbons (Fsp3) is 0.889. The molecule has 1 nitrogen and oxygen atoms in total. The minimum atomic E-state index is 0.727. The van der Waals surface area contributed by atoms with Crippen molar-refractivity contribution >= 4 is 6.29 Å². The predicted octanol–water partition coefficient (Wildman–Crippen LogP) is 2.26. The molecule has 0 amide bonds. The highest BCUT2D eigenvalue weighted by Gasteiger charge is 2.30. The number of aldehydes is 1. The van der Waals surface area contributed by atoms with E-state index in [0.717, 1.165) is 30.5 Å². The third-order valence-electron chi connectivity index (χ3n) is 2.64. The number of carbonyl (C=O) groups is 1. The first-order valence-electron chi connectivity index (χ1n) is 4.17. The zero-order chi connectivity index (χ0) is 7.56. The first-order chi connectivity index (χ1) is 4.74. The first-order valence-corrected chi connectivity index (χ1v) is 4.17. The predicted molar refractivity (Wildman–Crippen MR) is 41.7 cm³/mol. The molecule has 1 aliphatic rings. The van der Waals surface area contributed by atoms with E-state index in [0.29, 0.717) is 0 Å². The Labute approximate surface area is 62.8 Å². The summed E-state index contributed by atoms with van der Waals surface area (Å²) in [6.07, 6.45) is 4.43. The summed E-state index contributed by atoms with van der Waals surface area (Å²) in [5.41, 5.74) is 0. The number of hydrogen-bond donors (Lipinski definition) is 0. The molecule has 1 rings (SSSR count). The molecule has 10 heavy (non-hydrogen) atoms. The maximum absolute atomic E-state index is 10.1. The number of carbonyl (C=O) groups excluding carboxylic acids is 1. The van der Waals surface area contributed by atoms with E-state index in [2.05, 4.69) is 13.8 Å². The molecule has 0 saturated heterocycles. The minimum absolute atomic E-state index is 0.727. The SMILES string of the molecule is CC(C)C1CC(CC=O)C1. The molecule has 0 heterocycles. The Kier molecular flexibility index (Phi) is 2.47. The van der Waals surface area contributed by atoms with E-state index in [9.17, 15) is 4.79 Å². The highest BCUT2D eigenvalue weighted by molar-refractivity contribution is 5.49. The minimum Gasteiger partial charge on any atom is -0.303 e. The normalized spacial score (nSPS) is 31.9. The van der Waals surface area contributed by atoms with Gasteiger partial charge in [-0.2, -0.15) is 0 Å². The summed E-state index contributed by atoms with van der Waals surface area (Å²) in [6.45, 7) is 4.53. The molecule has 1 heteroatoms. The Hall–Kier alpha value is -0.330. The van der Waals surface area contributed by atoms with Gasteiger partial charge in [0.1, 0.15) is 6.29 Å². The third-order valence-corrected chi connectivity index (χ3v) is 2.64. The largest absolute Gasteiger partial charge is 0.303 e. The fourth-order valence-electron chi connectivity index (χ4n) is 1.66. The van der Waals surface area contributed by atoms with Gasteiger partial charge in [-0.1, -0.05) is 13.8 Å². The highest BCUT2D eigenvalue weighted by atomic mass is 16.1. The van der Waals surface area contributed by atoms with Crippen LogP contribution in [0.15, 0.2) is 0 Å². The Balaban J connectivity index is 2.11. The van der Waals surface area contributed by atoms with Crippen molar-refractivity contribution in [3.63, 3.8) is 0 Å². The van der Waals surface area contributed by atoms with Gasteiger partial charge in [0, 0.05) is 6.42 Å². The first kappa shape index (κ1) is 7.77. The van der Waals surface area contributed by atoms with E-state index in [1.54, 1.807) is 0 Å². The van der Waals surface area contributed by atoms with E-state index < -0.39 is 0 Å². The number of rotatable bonds is 3. The second kappa shape index (κ2) is 3.18. The Morgan fingerprint density at radius 2 is 2.10 bits per heavy atom. The molecule has 0 aromatic carbocycles. The Bertz CT molecular complexity index is 112. The topological polar surface area (TPSA) is 17.1 Å². The van der Waals surface area contributed by atoms with Crippen molar-refractivity contribution in [2.45, 2.75) is 33.1 Å². The van der Waals surface area contributed by atoms with Crippen LogP contribution in [0.1, 0.15) is 33.1 Å². The molecule has 58 valence electrons. The van der Waals surface area contributed by atoms with Crippen molar-refractivity contribution in [2.24, 2.45) is 17.8 Å². The average molecular weight is 140 g/mol. The van der Waals surface area contributed by atoms with Gasteiger partial charge in [0.25, 0.3) is 0 Å². The second-order valence-electron chi connectivity index (χ2n) is 3.74. The van der Waals surface area contributed by atoms with Gasteiger partial charge in [0.05, 0.1) is 0 Å². The van der Waals surface area contributed by atoms with Gasteiger partial charge in [-0.05, 0) is 30.6 Å². The van der Waals surface area contributed by atoms with Crippen molar-refractivity contribution in [1.82, 2.24) is 0 Å². The summed E-state index contributed by atoms with van der Waals surface area (Å²) >= 11 is 0. The standard InChI is InChI=1S/C9H16O/c1-7(2)9-5-8(6-9)3-4-10/h4,7-9H,3,5-6H2,1-2H3. The van der Waals surface area contributed by atoms with Gasteiger partial charge in [-0.15, -0.1) is 0 Å². The van der Waals surface area contributed by atoms with E-state index in [1.807, 2.05) is 0 Å². The van der Waals surface area contributed by atoms with Crippen molar-refractivity contribution in [2.75, 3.05) is 0 Å². The maximum Gasteiger partial charge on any atom is 0.120 e. The van der Waals surface area contributed by atoms with E-state index in [-0.39, 0.29) is 0 Å². The molecule has 0 radical (unpaired) electrons. The molecular formula is C9H16O. The third kappa shape index (κ3) is 1.59. The van der Waals surface area contributed by atoms with Crippen LogP contribution in [-0.4, -0.2) is 6.29 Å². The van der Waals surface area contributed by atoms with E-state index in [1.165, 1.54) is 12.8 Å². The fourth-order valence-corrected chi connectivity index (χ4v) is 1.66. The molecule has 0 aliphatic heterocycles. The lowest BCUT2D eigenvalue weighted by Gasteiger charge is -2.37. The lowest BCUT2D eigenvalue weighted by Crippen LogP contribution is -2.27. The van der Waals surface area contributed by atoms with Gasteiger partial charge in [0.2, 0.25) is 0 Å². The van der Waals surface area contributed by atoms with Crippen molar-refractivity contribution < 1.29 is 4.79 Å². The lowest BCUT2D eigenvalue weighted by atomic mass is 9.68. The van der Waals surface area contributed by atoms with Crippen LogP contribution >= 0.6 is 0 Å². The molecule has 0 aromatic rings. The van der Waals surface area contributed by atoms with E-state index >= 15 is 0 Å². The molecule has 0 unspecified atom stereocenters. The van der Waals surface area contributed by atoms with E-state index in [4.69, 9.17) is 0 Å². The maximum atomic E-state index is 10.1. The van der Waals surface area contributed by atoms with Gasteiger partial charge < -0.3 is 4.79 Å². The Morgan fingerprint density at radius 1 is 1.50 bits per heavy atom. The van der Waals surface area contributed by atoms with Crippen LogP contribution in [0, 0.1) is 17.8 Å². The van der Waals surface area contributed by atoms with Crippen LogP contribution in [-0.2, 0) is 4.79 Å². The molecule has 0 aromatic heterocycles. The van der Waals surface area contributed by atoms with Crippen molar-refractivity contribution in [3.05, 3.63) is 0 Å². The summed E-state index contributed by atoms with van der Waals surface area (Å²) in [5.74, 6) is 2.46. The van der Waals surface area contributed by atoms with Gasteiger partial charge in [-0.25, -0.2) is 0 Å². The molecule has 0 atom stereocenters.